The SMILES string of the molecule is CCn1ncc(Br)c1C(=O)COC1CCNCC1. The third kappa shape index (κ3) is 3.18. The van der Waals surface area contributed by atoms with Gasteiger partial charge in [-0.25, -0.2) is 0 Å². The summed E-state index contributed by atoms with van der Waals surface area (Å²) in [5.41, 5.74) is 0.603. The molecule has 1 aromatic rings. The number of Topliss-reactive ketones (excluding diaryl/α,β-unsaturated/α-hetero) is 1. The van der Waals surface area contributed by atoms with Crippen molar-refractivity contribution >= 4 is 21.7 Å². The molecule has 2 rings (SSSR count). The average Bonchev–Trinajstić information content (AvgIpc) is 2.78. The number of carbonyl (C=O) groups is 1. The molecule has 1 saturated heterocycles. The van der Waals surface area contributed by atoms with Crippen molar-refractivity contribution in [3.63, 3.8) is 0 Å². The first kappa shape index (κ1) is 13.7. The maximum absolute atomic E-state index is 12.1. The zero-order chi connectivity index (χ0) is 13.0. The zero-order valence-corrected chi connectivity index (χ0v) is 12.1. The van der Waals surface area contributed by atoms with Gasteiger partial charge in [-0.15, -0.1) is 0 Å². The van der Waals surface area contributed by atoms with Gasteiger partial charge < -0.3 is 10.1 Å². The van der Waals surface area contributed by atoms with Gasteiger partial charge in [0.25, 0.3) is 0 Å². The van der Waals surface area contributed by atoms with E-state index >= 15 is 0 Å². The molecule has 100 valence electrons. The number of hydrogen-bond donors (Lipinski definition) is 1. The van der Waals surface area contributed by atoms with Crippen LogP contribution in [-0.4, -0.2) is 41.4 Å². The van der Waals surface area contributed by atoms with E-state index in [2.05, 4.69) is 26.3 Å². The maximum atomic E-state index is 12.1. The number of piperidine rings is 1. The Hall–Kier alpha value is -0.720. The van der Waals surface area contributed by atoms with Gasteiger partial charge >= 0.3 is 0 Å². The van der Waals surface area contributed by atoms with Crippen LogP contribution in [0.4, 0.5) is 0 Å². The van der Waals surface area contributed by atoms with E-state index in [1.54, 1.807) is 10.9 Å². The summed E-state index contributed by atoms with van der Waals surface area (Å²) in [7, 11) is 0. The Morgan fingerprint density at radius 3 is 3.00 bits per heavy atom. The van der Waals surface area contributed by atoms with Crippen molar-refractivity contribution in [3.05, 3.63) is 16.4 Å². The quantitative estimate of drug-likeness (QED) is 0.839. The van der Waals surface area contributed by atoms with Crippen molar-refractivity contribution in [1.29, 1.82) is 0 Å². The molecule has 0 radical (unpaired) electrons. The fraction of sp³-hybridized carbons (Fsp3) is 0.667. The molecule has 0 atom stereocenters. The lowest BCUT2D eigenvalue weighted by Crippen LogP contribution is -2.33. The van der Waals surface area contributed by atoms with E-state index in [4.69, 9.17) is 4.74 Å². The molecule has 2 heterocycles. The Labute approximate surface area is 115 Å². The minimum Gasteiger partial charge on any atom is -0.370 e. The molecule has 0 saturated carbocycles. The third-order valence-electron chi connectivity index (χ3n) is 3.09. The predicted molar refractivity (Wildman–Crippen MR) is 71.8 cm³/mol. The molecule has 1 aromatic heterocycles. The van der Waals surface area contributed by atoms with E-state index in [9.17, 15) is 4.79 Å². The Balaban J connectivity index is 1.92. The highest BCUT2D eigenvalue weighted by Gasteiger charge is 2.19. The summed E-state index contributed by atoms with van der Waals surface area (Å²) in [6.07, 6.45) is 3.80. The molecule has 0 aliphatic carbocycles. The molecule has 0 amide bonds. The van der Waals surface area contributed by atoms with Gasteiger partial charge in [-0.05, 0) is 48.8 Å². The number of nitrogens with one attached hydrogen (secondary N) is 1. The molecule has 1 aliphatic rings. The highest BCUT2D eigenvalue weighted by atomic mass is 79.9. The molecule has 1 fully saturated rings. The molecule has 5 nitrogen and oxygen atoms in total. The standard InChI is InChI=1S/C12H18BrN3O2/c1-2-16-12(10(13)7-15-16)11(17)8-18-9-3-5-14-6-4-9/h7,9,14H,2-6,8H2,1H3. The van der Waals surface area contributed by atoms with Crippen molar-refractivity contribution in [2.75, 3.05) is 19.7 Å². The van der Waals surface area contributed by atoms with Crippen LogP contribution in [0.15, 0.2) is 10.7 Å². The van der Waals surface area contributed by atoms with Gasteiger partial charge in [-0.1, -0.05) is 0 Å². The van der Waals surface area contributed by atoms with Gasteiger partial charge in [0.15, 0.2) is 0 Å². The Bertz CT molecular complexity index is 413. The molecular formula is C12H18BrN3O2. The van der Waals surface area contributed by atoms with Gasteiger partial charge in [0, 0.05) is 6.54 Å². The van der Waals surface area contributed by atoms with Gasteiger partial charge in [-0.2, -0.15) is 5.10 Å². The van der Waals surface area contributed by atoms with Crippen LogP contribution < -0.4 is 5.32 Å². The van der Waals surface area contributed by atoms with E-state index in [1.807, 2.05) is 6.92 Å². The number of ether oxygens (including phenoxy) is 1. The Morgan fingerprint density at radius 1 is 1.61 bits per heavy atom. The van der Waals surface area contributed by atoms with Crippen LogP contribution in [-0.2, 0) is 11.3 Å². The smallest absolute Gasteiger partial charge is 0.207 e. The highest BCUT2D eigenvalue weighted by molar-refractivity contribution is 9.10. The molecule has 18 heavy (non-hydrogen) atoms. The first-order valence-corrected chi connectivity index (χ1v) is 7.08. The number of halogens is 1. The van der Waals surface area contributed by atoms with E-state index < -0.39 is 0 Å². The first-order valence-electron chi connectivity index (χ1n) is 6.29. The Morgan fingerprint density at radius 2 is 2.33 bits per heavy atom. The highest BCUT2D eigenvalue weighted by Crippen LogP contribution is 2.17. The van der Waals surface area contributed by atoms with Crippen LogP contribution >= 0.6 is 15.9 Å². The minimum atomic E-state index is -0.0141. The van der Waals surface area contributed by atoms with Crippen molar-refractivity contribution < 1.29 is 9.53 Å². The van der Waals surface area contributed by atoms with Crippen LogP contribution in [0.2, 0.25) is 0 Å². The van der Waals surface area contributed by atoms with Gasteiger partial charge in [-0.3, -0.25) is 9.48 Å². The summed E-state index contributed by atoms with van der Waals surface area (Å²) in [6, 6.07) is 0. The second-order valence-electron chi connectivity index (χ2n) is 4.34. The van der Waals surface area contributed by atoms with Crippen LogP contribution in [0, 0.1) is 0 Å². The van der Waals surface area contributed by atoms with Crippen LogP contribution in [0.1, 0.15) is 30.3 Å². The molecule has 6 heteroatoms. The average molecular weight is 316 g/mol. The lowest BCUT2D eigenvalue weighted by Gasteiger charge is -2.22. The van der Waals surface area contributed by atoms with E-state index in [0.717, 1.165) is 30.4 Å². The summed E-state index contributed by atoms with van der Waals surface area (Å²) in [5.74, 6) is -0.0141. The maximum Gasteiger partial charge on any atom is 0.207 e. The van der Waals surface area contributed by atoms with Crippen molar-refractivity contribution in [2.45, 2.75) is 32.4 Å². The van der Waals surface area contributed by atoms with Gasteiger partial charge in [0.2, 0.25) is 5.78 Å². The number of nitrogens with zero attached hydrogens (tertiary/aromatic N) is 2. The summed E-state index contributed by atoms with van der Waals surface area (Å²) >= 11 is 3.35. The van der Waals surface area contributed by atoms with Crippen molar-refractivity contribution in [1.82, 2.24) is 15.1 Å². The molecule has 0 aromatic carbocycles. The predicted octanol–water partition coefficient (Wildman–Crippen LogP) is 1.62. The van der Waals surface area contributed by atoms with Crippen LogP contribution in [0.3, 0.4) is 0 Å². The molecule has 0 unspecified atom stereocenters. The third-order valence-corrected chi connectivity index (χ3v) is 3.68. The van der Waals surface area contributed by atoms with Crippen LogP contribution in [0.5, 0.6) is 0 Å². The molecule has 0 bridgehead atoms. The lowest BCUT2D eigenvalue weighted by molar-refractivity contribution is 0.0311. The lowest BCUT2D eigenvalue weighted by atomic mass is 10.1. The second-order valence-corrected chi connectivity index (χ2v) is 5.19. The monoisotopic (exact) mass is 315 g/mol. The number of rotatable bonds is 5. The number of aromatic nitrogens is 2. The van der Waals surface area contributed by atoms with Crippen molar-refractivity contribution in [2.24, 2.45) is 0 Å². The largest absolute Gasteiger partial charge is 0.370 e. The first-order chi connectivity index (χ1) is 8.72. The zero-order valence-electron chi connectivity index (χ0n) is 10.5. The van der Waals surface area contributed by atoms with E-state index in [0.29, 0.717) is 12.2 Å². The molecule has 1 N–H and O–H groups in total. The fourth-order valence-electron chi connectivity index (χ4n) is 2.10. The van der Waals surface area contributed by atoms with Crippen molar-refractivity contribution in [3.8, 4) is 0 Å². The van der Waals surface area contributed by atoms with E-state index in [1.165, 1.54) is 0 Å². The second kappa shape index (κ2) is 6.45. The number of carbonyl (C=O) groups excluding carboxylic acids is 1. The number of ketones is 1. The summed E-state index contributed by atoms with van der Waals surface area (Å²) in [4.78, 5) is 12.1. The Kier molecular flexibility index (Phi) is 4.91. The summed E-state index contributed by atoms with van der Waals surface area (Å²) in [5, 5.41) is 7.40. The summed E-state index contributed by atoms with van der Waals surface area (Å²) < 4.78 is 8.10. The number of aryl methyl sites for hydroxylation is 1. The molecule has 1 aliphatic heterocycles. The van der Waals surface area contributed by atoms with Gasteiger partial charge in [0.1, 0.15) is 12.3 Å². The minimum absolute atomic E-state index is 0.0141. The summed E-state index contributed by atoms with van der Waals surface area (Å²) in [6.45, 7) is 4.71. The van der Waals surface area contributed by atoms with Crippen LogP contribution in [0.25, 0.3) is 0 Å². The normalized spacial score (nSPS) is 17.0. The van der Waals surface area contributed by atoms with Gasteiger partial charge in [0.05, 0.1) is 16.8 Å². The fourth-order valence-corrected chi connectivity index (χ4v) is 2.62. The molecule has 0 spiro atoms. The van der Waals surface area contributed by atoms with E-state index in [-0.39, 0.29) is 18.5 Å². The molecular weight excluding hydrogens is 298 g/mol. The topological polar surface area (TPSA) is 56.2 Å². The number of hydrogen-bond acceptors (Lipinski definition) is 4.